The molecule has 0 saturated heterocycles. The van der Waals surface area contributed by atoms with Crippen LogP contribution in [0.15, 0.2) is 48.5 Å². The summed E-state index contributed by atoms with van der Waals surface area (Å²) in [5, 5.41) is 17.7. The third-order valence-corrected chi connectivity index (χ3v) is 5.64. The molecule has 3 aromatic rings. The fraction of sp³-hybridized carbons (Fsp3) is 0.400. The molecule has 1 saturated carbocycles. The van der Waals surface area contributed by atoms with Crippen molar-refractivity contribution in [2.75, 3.05) is 13.6 Å². The Morgan fingerprint density at radius 3 is 2.52 bits per heavy atom. The first kappa shape index (κ1) is 24.4. The van der Waals surface area contributed by atoms with Crippen molar-refractivity contribution in [1.82, 2.24) is 20.6 Å². The number of likely N-dealkylation sites (N-methyl/N-ethyl adjacent to an activating group) is 1. The maximum atomic E-state index is 11.1. The molecule has 8 heteroatoms. The molecule has 176 valence electrons. The van der Waals surface area contributed by atoms with Crippen LogP contribution in [0, 0.1) is 0 Å². The van der Waals surface area contributed by atoms with Crippen molar-refractivity contribution in [1.29, 1.82) is 0 Å². The number of hydroxylamine groups is 1. The lowest BCUT2D eigenvalue weighted by Gasteiger charge is -2.11. The predicted molar refractivity (Wildman–Crippen MR) is 127 cm³/mol. The average Bonchev–Trinajstić information content (AvgIpc) is 3.48. The third-order valence-electron chi connectivity index (χ3n) is 5.64. The smallest absolute Gasteiger partial charge is 0.335 e. The SMILES string of the molecule is CCc1nn(C2CCCC2)c2cc(C(=O)O)ccc12.CNCC(=O)NOCc1ccccc1. The number of nitrogens with one attached hydrogen (secondary N) is 2. The van der Waals surface area contributed by atoms with Crippen LogP contribution in [0.5, 0.6) is 0 Å². The van der Waals surface area contributed by atoms with E-state index in [0.717, 1.165) is 41.4 Å². The van der Waals surface area contributed by atoms with Gasteiger partial charge in [-0.1, -0.05) is 56.2 Å². The summed E-state index contributed by atoms with van der Waals surface area (Å²) in [4.78, 5) is 27.1. The number of aryl methyl sites for hydroxylation is 1. The number of hydrogen-bond acceptors (Lipinski definition) is 5. The van der Waals surface area contributed by atoms with E-state index in [-0.39, 0.29) is 12.5 Å². The highest BCUT2D eigenvalue weighted by molar-refractivity contribution is 5.94. The Morgan fingerprint density at radius 1 is 1.15 bits per heavy atom. The fourth-order valence-electron chi connectivity index (χ4n) is 4.00. The number of rotatable bonds is 8. The standard InChI is InChI=1S/C15H18N2O2.C10H14N2O2/c1-2-13-12-8-7-10(15(18)19)9-14(12)17(16-13)11-5-3-4-6-11;1-11-7-10(13)12-14-8-9-5-3-2-4-6-9/h7-9,11H,2-6H2,1H3,(H,18,19);2-6,11H,7-8H2,1H3,(H,12,13). The monoisotopic (exact) mass is 452 g/mol. The molecule has 1 aliphatic rings. The van der Waals surface area contributed by atoms with E-state index >= 15 is 0 Å². The van der Waals surface area contributed by atoms with Crippen molar-refractivity contribution in [3.05, 3.63) is 65.4 Å². The van der Waals surface area contributed by atoms with E-state index in [0.29, 0.717) is 18.2 Å². The van der Waals surface area contributed by atoms with Gasteiger partial charge in [0, 0.05) is 5.39 Å². The minimum absolute atomic E-state index is 0.177. The van der Waals surface area contributed by atoms with E-state index in [9.17, 15) is 9.59 Å². The zero-order valence-corrected chi connectivity index (χ0v) is 19.2. The number of carbonyl (C=O) groups excluding carboxylic acids is 1. The van der Waals surface area contributed by atoms with Crippen LogP contribution >= 0.6 is 0 Å². The number of aromatic nitrogens is 2. The van der Waals surface area contributed by atoms with Crippen molar-refractivity contribution in [2.45, 2.75) is 51.7 Å². The second-order valence-electron chi connectivity index (χ2n) is 8.05. The van der Waals surface area contributed by atoms with Crippen LogP contribution in [0.1, 0.15) is 60.3 Å². The van der Waals surface area contributed by atoms with E-state index in [1.165, 1.54) is 12.8 Å². The number of benzene rings is 2. The van der Waals surface area contributed by atoms with Crippen LogP contribution in [0.3, 0.4) is 0 Å². The topological polar surface area (TPSA) is 105 Å². The van der Waals surface area contributed by atoms with Gasteiger partial charge in [-0.15, -0.1) is 0 Å². The number of hydrogen-bond donors (Lipinski definition) is 3. The Bertz CT molecular complexity index is 1060. The lowest BCUT2D eigenvalue weighted by atomic mass is 10.1. The summed E-state index contributed by atoms with van der Waals surface area (Å²) in [5.74, 6) is -1.05. The Morgan fingerprint density at radius 2 is 1.88 bits per heavy atom. The first-order valence-corrected chi connectivity index (χ1v) is 11.4. The summed E-state index contributed by atoms with van der Waals surface area (Å²) in [6.07, 6.45) is 5.66. The molecular formula is C25H32N4O4. The van der Waals surface area contributed by atoms with E-state index in [1.54, 1.807) is 19.2 Å². The van der Waals surface area contributed by atoms with Gasteiger partial charge in [0.05, 0.1) is 36.0 Å². The van der Waals surface area contributed by atoms with Gasteiger partial charge in [0.25, 0.3) is 5.91 Å². The molecule has 0 atom stereocenters. The molecule has 3 N–H and O–H groups in total. The number of nitrogens with zero attached hydrogens (tertiary/aromatic N) is 2. The highest BCUT2D eigenvalue weighted by atomic mass is 16.6. The number of amides is 1. The molecule has 1 amide bonds. The Hall–Kier alpha value is -3.23. The fourth-order valence-corrected chi connectivity index (χ4v) is 4.00. The maximum Gasteiger partial charge on any atom is 0.335 e. The van der Waals surface area contributed by atoms with Crippen LogP contribution in [-0.2, 0) is 22.7 Å². The van der Waals surface area contributed by atoms with Gasteiger partial charge in [-0.05, 0) is 44.0 Å². The van der Waals surface area contributed by atoms with Gasteiger partial charge in [0.1, 0.15) is 0 Å². The first-order valence-electron chi connectivity index (χ1n) is 11.4. The molecule has 8 nitrogen and oxygen atoms in total. The molecule has 0 aliphatic heterocycles. The molecule has 1 aromatic heterocycles. The lowest BCUT2D eigenvalue weighted by Crippen LogP contribution is -2.32. The van der Waals surface area contributed by atoms with Crippen LogP contribution in [0.25, 0.3) is 10.9 Å². The summed E-state index contributed by atoms with van der Waals surface area (Å²) in [5.41, 5.74) is 5.74. The maximum absolute atomic E-state index is 11.1. The zero-order valence-electron chi connectivity index (χ0n) is 19.2. The van der Waals surface area contributed by atoms with Gasteiger partial charge >= 0.3 is 5.97 Å². The van der Waals surface area contributed by atoms with Gasteiger partial charge in [0.15, 0.2) is 0 Å². The molecule has 0 spiro atoms. The molecule has 4 rings (SSSR count). The van der Waals surface area contributed by atoms with Crippen molar-refractivity contribution in [3.63, 3.8) is 0 Å². The molecule has 0 bridgehead atoms. The van der Waals surface area contributed by atoms with Crippen LogP contribution in [0.2, 0.25) is 0 Å². The van der Waals surface area contributed by atoms with Crippen LogP contribution < -0.4 is 10.8 Å². The number of fused-ring (bicyclic) bond motifs is 1. The van der Waals surface area contributed by atoms with E-state index in [1.807, 2.05) is 36.4 Å². The molecule has 0 unspecified atom stereocenters. The number of carboxylic acids is 1. The summed E-state index contributed by atoms with van der Waals surface area (Å²) >= 11 is 0. The number of aromatic carboxylic acids is 1. The number of carboxylic acid groups (broad SMARTS) is 1. The molecule has 1 heterocycles. The van der Waals surface area contributed by atoms with Crippen molar-refractivity contribution in [3.8, 4) is 0 Å². The van der Waals surface area contributed by atoms with Crippen molar-refractivity contribution in [2.24, 2.45) is 0 Å². The van der Waals surface area contributed by atoms with Gasteiger partial charge in [-0.25, -0.2) is 10.3 Å². The molecule has 0 radical (unpaired) electrons. The molecule has 1 aliphatic carbocycles. The summed E-state index contributed by atoms with van der Waals surface area (Å²) < 4.78 is 2.06. The van der Waals surface area contributed by atoms with Gasteiger partial charge in [0.2, 0.25) is 0 Å². The molecular weight excluding hydrogens is 420 g/mol. The quantitative estimate of drug-likeness (QED) is 0.448. The predicted octanol–water partition coefficient (Wildman–Crippen LogP) is 3.87. The Labute approximate surface area is 193 Å². The average molecular weight is 453 g/mol. The number of carbonyl (C=O) groups is 2. The van der Waals surface area contributed by atoms with E-state index < -0.39 is 5.97 Å². The van der Waals surface area contributed by atoms with Gasteiger partial charge in [-0.2, -0.15) is 5.10 Å². The Kier molecular flexibility index (Phi) is 8.97. The highest BCUT2D eigenvalue weighted by Gasteiger charge is 2.21. The van der Waals surface area contributed by atoms with Gasteiger partial charge in [-0.3, -0.25) is 14.3 Å². The lowest BCUT2D eigenvalue weighted by molar-refractivity contribution is -0.133. The molecule has 33 heavy (non-hydrogen) atoms. The highest BCUT2D eigenvalue weighted by Crippen LogP contribution is 2.33. The van der Waals surface area contributed by atoms with Crippen molar-refractivity contribution >= 4 is 22.8 Å². The normalized spacial score (nSPS) is 13.5. The largest absolute Gasteiger partial charge is 0.478 e. The summed E-state index contributed by atoms with van der Waals surface area (Å²) in [6.45, 7) is 2.73. The zero-order chi connectivity index (χ0) is 23.6. The minimum atomic E-state index is -0.876. The van der Waals surface area contributed by atoms with E-state index in [4.69, 9.17) is 15.0 Å². The summed E-state index contributed by atoms with van der Waals surface area (Å²) in [7, 11) is 1.71. The minimum Gasteiger partial charge on any atom is -0.478 e. The van der Waals surface area contributed by atoms with E-state index in [2.05, 4.69) is 22.4 Å². The van der Waals surface area contributed by atoms with Crippen LogP contribution in [-0.4, -0.2) is 40.4 Å². The second kappa shape index (κ2) is 12.1. The summed E-state index contributed by atoms with van der Waals surface area (Å²) in [6, 6.07) is 15.4. The van der Waals surface area contributed by atoms with Crippen molar-refractivity contribution < 1.29 is 19.5 Å². The second-order valence-corrected chi connectivity index (χ2v) is 8.05. The first-order chi connectivity index (χ1) is 16.0. The Balaban J connectivity index is 0.000000196. The van der Waals surface area contributed by atoms with Gasteiger partial charge < -0.3 is 10.4 Å². The molecule has 1 fully saturated rings. The third kappa shape index (κ3) is 6.63. The molecule has 2 aromatic carbocycles. The van der Waals surface area contributed by atoms with Crippen LogP contribution in [0.4, 0.5) is 0 Å².